The van der Waals surface area contributed by atoms with Crippen molar-refractivity contribution in [3.8, 4) is 0 Å². The van der Waals surface area contributed by atoms with Crippen molar-refractivity contribution >= 4 is 20.1 Å². The molecule has 45 heavy (non-hydrogen) atoms. The molecule has 3 rings (SSSR count). The van der Waals surface area contributed by atoms with Crippen LogP contribution in [0.4, 0.5) is 14.0 Å². The summed E-state index contributed by atoms with van der Waals surface area (Å²) in [5.41, 5.74) is -1.49. The Labute approximate surface area is 255 Å². The van der Waals surface area contributed by atoms with Crippen LogP contribution in [0.5, 0.6) is 0 Å². The number of methoxy groups -OCH3 is 4. The molecule has 2 heterocycles. The molecule has 0 spiro atoms. The molecule has 1 N–H and O–H groups in total. The summed E-state index contributed by atoms with van der Waals surface area (Å²) in [6, 6.07) is 1.06. The third-order valence-corrected chi connectivity index (χ3v) is 7.78. The number of aromatic amines is 1. The number of halogens is 1. The van der Waals surface area contributed by atoms with Crippen molar-refractivity contribution in [2.45, 2.75) is 37.3 Å². The molecule has 5 atom stereocenters. The number of fused-ring (bicyclic) bond motifs is 1. The number of phosphoric acid groups is 1. The SMILES string of the molecule is COCC(COC)OC(=O)OCOP(=O)(OCOC(=O)OC(COC)COC)OC1C2[C@H](C)[C@H](n3ccc(=O)[nH]c3=O)O[C@]12F. The quantitative estimate of drug-likeness (QED) is 0.123. The van der Waals surface area contributed by atoms with Gasteiger partial charge in [0, 0.05) is 46.6 Å². The van der Waals surface area contributed by atoms with Gasteiger partial charge in [0.2, 0.25) is 19.4 Å². The van der Waals surface area contributed by atoms with E-state index in [1.54, 1.807) is 0 Å². The van der Waals surface area contributed by atoms with E-state index in [1.165, 1.54) is 35.4 Å². The van der Waals surface area contributed by atoms with Crippen molar-refractivity contribution in [1.29, 1.82) is 0 Å². The number of hydrogen-bond donors (Lipinski definition) is 1. The van der Waals surface area contributed by atoms with E-state index in [0.717, 1.165) is 16.8 Å². The normalized spacial score (nSPS) is 24.0. The summed E-state index contributed by atoms with van der Waals surface area (Å²) < 4.78 is 90.1. The van der Waals surface area contributed by atoms with Gasteiger partial charge in [0.15, 0.2) is 12.2 Å². The maximum absolute atomic E-state index is 15.7. The highest BCUT2D eigenvalue weighted by atomic mass is 31.2. The summed E-state index contributed by atoms with van der Waals surface area (Å²) in [6.07, 6.45) is -5.76. The Balaban J connectivity index is 1.64. The number of hydrogen-bond acceptors (Lipinski definition) is 17. The molecule has 2 fully saturated rings. The Kier molecular flexibility index (Phi) is 13.5. The summed E-state index contributed by atoms with van der Waals surface area (Å²) in [4.78, 5) is 49.8. The summed E-state index contributed by atoms with van der Waals surface area (Å²) >= 11 is 0. The van der Waals surface area contributed by atoms with Crippen molar-refractivity contribution in [3.63, 3.8) is 0 Å². The van der Waals surface area contributed by atoms with E-state index < -0.39 is 87.2 Å². The molecular weight excluding hydrogens is 638 g/mol. The lowest BCUT2D eigenvalue weighted by molar-refractivity contribution is -0.144. The second-order valence-electron chi connectivity index (χ2n) is 9.67. The lowest BCUT2D eigenvalue weighted by atomic mass is 10.1. The van der Waals surface area contributed by atoms with Gasteiger partial charge < -0.3 is 42.6 Å². The standard InChI is InChI=1S/C24H36FN2O17P/c1-14-18-19(24(18,25)43-20(14)27-7-6-17(28)26-21(27)29)44-45(32,39-12-37-22(30)41-15(8-33-2)9-34-3)40-13-38-23(31)42-16(10-35-4)11-36-5/h6-7,14-16,18-20H,8-13H2,1-5H3,(H,26,28,29)/t14-,18?,19?,20+,24-/m0/s1. The Bertz CT molecular complexity index is 1240. The zero-order chi connectivity index (χ0) is 33.2. The minimum absolute atomic E-state index is 0.0242. The molecule has 0 amide bonds. The molecule has 1 saturated heterocycles. The molecule has 2 aliphatic rings. The highest BCUT2D eigenvalue weighted by molar-refractivity contribution is 7.48. The van der Waals surface area contributed by atoms with E-state index in [2.05, 4.69) is 0 Å². The number of alkyl halides is 1. The van der Waals surface area contributed by atoms with Crippen LogP contribution >= 0.6 is 7.82 Å². The second kappa shape index (κ2) is 16.6. The van der Waals surface area contributed by atoms with Crippen LogP contribution in [0, 0.1) is 11.8 Å². The van der Waals surface area contributed by atoms with E-state index in [9.17, 15) is 23.7 Å². The molecule has 256 valence electrons. The van der Waals surface area contributed by atoms with Gasteiger partial charge in [-0.1, -0.05) is 6.92 Å². The third kappa shape index (κ3) is 9.77. The zero-order valence-corrected chi connectivity index (χ0v) is 26.0. The van der Waals surface area contributed by atoms with Gasteiger partial charge in [-0.2, -0.15) is 0 Å². The summed E-state index contributed by atoms with van der Waals surface area (Å²) in [6.45, 7) is -0.700. The van der Waals surface area contributed by atoms with Crippen molar-refractivity contribution in [2.75, 3.05) is 68.5 Å². The smallest absolute Gasteiger partial charge is 0.426 e. The molecule has 0 aromatic carbocycles. The summed E-state index contributed by atoms with van der Waals surface area (Å²) in [7, 11) is 0.605. The minimum Gasteiger partial charge on any atom is -0.426 e. The fourth-order valence-corrected chi connectivity index (χ4v) is 5.60. The Morgan fingerprint density at radius 2 is 1.44 bits per heavy atom. The largest absolute Gasteiger partial charge is 0.510 e. The van der Waals surface area contributed by atoms with Crippen LogP contribution in [-0.4, -0.2) is 114 Å². The fraction of sp³-hybridized carbons (Fsp3) is 0.750. The van der Waals surface area contributed by atoms with Gasteiger partial charge >= 0.3 is 25.8 Å². The van der Waals surface area contributed by atoms with Crippen molar-refractivity contribution in [3.05, 3.63) is 33.1 Å². The maximum Gasteiger partial charge on any atom is 0.510 e. The van der Waals surface area contributed by atoms with E-state index in [4.69, 9.17) is 56.2 Å². The highest BCUT2D eigenvalue weighted by Gasteiger charge is 2.79. The molecule has 0 radical (unpaired) electrons. The Hall–Kier alpha value is -2.94. The highest BCUT2D eigenvalue weighted by Crippen LogP contribution is 2.68. The summed E-state index contributed by atoms with van der Waals surface area (Å²) in [5, 5.41) is 0. The maximum atomic E-state index is 15.7. The number of aromatic nitrogens is 2. The van der Waals surface area contributed by atoms with Gasteiger partial charge in [-0.25, -0.2) is 32.4 Å². The van der Waals surface area contributed by atoms with Crippen LogP contribution in [0.1, 0.15) is 13.2 Å². The first-order chi connectivity index (χ1) is 21.4. The molecule has 1 aliphatic carbocycles. The van der Waals surface area contributed by atoms with E-state index >= 15 is 4.39 Å². The molecule has 1 aliphatic heterocycles. The van der Waals surface area contributed by atoms with E-state index in [0.29, 0.717) is 0 Å². The zero-order valence-electron chi connectivity index (χ0n) is 25.1. The van der Waals surface area contributed by atoms with Crippen LogP contribution in [-0.2, 0) is 60.8 Å². The van der Waals surface area contributed by atoms with Gasteiger partial charge in [0.05, 0.1) is 32.3 Å². The number of ether oxygens (including phenoxy) is 9. The predicted molar refractivity (Wildman–Crippen MR) is 143 cm³/mol. The first-order valence-corrected chi connectivity index (χ1v) is 14.8. The molecule has 21 heteroatoms. The molecule has 0 bridgehead atoms. The number of nitrogens with zero attached hydrogens (tertiary/aromatic N) is 1. The number of nitrogens with one attached hydrogen (secondary N) is 1. The molecule has 1 saturated carbocycles. The molecular formula is C24H36FN2O17P. The number of phosphoric ester groups is 1. The number of H-pyrrole nitrogens is 1. The fourth-order valence-electron chi connectivity index (χ4n) is 4.48. The predicted octanol–water partition coefficient (Wildman–Crippen LogP) is 1.07. The van der Waals surface area contributed by atoms with Gasteiger partial charge in [0.1, 0.15) is 12.3 Å². The van der Waals surface area contributed by atoms with E-state index in [-0.39, 0.29) is 26.4 Å². The van der Waals surface area contributed by atoms with Crippen molar-refractivity contribution in [1.82, 2.24) is 9.55 Å². The first kappa shape index (κ1) is 36.5. The molecule has 2 unspecified atom stereocenters. The van der Waals surface area contributed by atoms with E-state index in [1.807, 2.05) is 4.98 Å². The van der Waals surface area contributed by atoms with Crippen LogP contribution < -0.4 is 11.2 Å². The van der Waals surface area contributed by atoms with Crippen LogP contribution in [0.3, 0.4) is 0 Å². The Morgan fingerprint density at radius 1 is 0.956 bits per heavy atom. The Morgan fingerprint density at radius 3 is 1.84 bits per heavy atom. The van der Waals surface area contributed by atoms with Crippen molar-refractivity contribution in [2.24, 2.45) is 11.8 Å². The first-order valence-electron chi connectivity index (χ1n) is 13.3. The molecule has 1 aromatic rings. The lowest BCUT2D eigenvalue weighted by Gasteiger charge is -2.24. The monoisotopic (exact) mass is 674 g/mol. The average molecular weight is 675 g/mol. The second-order valence-corrected chi connectivity index (χ2v) is 11.3. The van der Waals surface area contributed by atoms with Crippen LogP contribution in [0.25, 0.3) is 0 Å². The van der Waals surface area contributed by atoms with Crippen molar-refractivity contribution < 1.29 is 74.7 Å². The van der Waals surface area contributed by atoms with Crippen LogP contribution in [0.15, 0.2) is 21.9 Å². The average Bonchev–Trinajstić information content (AvgIpc) is 3.41. The lowest BCUT2D eigenvalue weighted by Crippen LogP contribution is -2.35. The number of carbonyl (C=O) groups is 2. The topological polar surface area (TPSA) is 217 Å². The number of carbonyl (C=O) groups excluding carboxylic acids is 2. The van der Waals surface area contributed by atoms with Gasteiger partial charge in [-0.15, -0.1) is 0 Å². The third-order valence-electron chi connectivity index (χ3n) is 6.46. The molecule has 19 nitrogen and oxygen atoms in total. The summed E-state index contributed by atoms with van der Waals surface area (Å²) in [5.74, 6) is -4.37. The molecule has 1 aromatic heterocycles. The van der Waals surface area contributed by atoms with Gasteiger partial charge in [0.25, 0.3) is 5.56 Å². The van der Waals surface area contributed by atoms with Crippen LogP contribution in [0.2, 0.25) is 0 Å². The number of rotatable bonds is 19. The minimum atomic E-state index is -4.88. The van der Waals surface area contributed by atoms with Gasteiger partial charge in [-0.3, -0.25) is 18.9 Å². The van der Waals surface area contributed by atoms with Gasteiger partial charge in [-0.05, 0) is 0 Å².